The number of carbonyl (C=O) groups excluding carboxylic acids is 1. The Morgan fingerprint density at radius 1 is 1.48 bits per heavy atom. The number of nitrogens with one attached hydrogen (secondary N) is 2. The minimum Gasteiger partial charge on any atom is -0.496 e. The van der Waals surface area contributed by atoms with Crippen LogP contribution in [-0.4, -0.2) is 37.4 Å². The van der Waals surface area contributed by atoms with E-state index in [0.29, 0.717) is 6.54 Å². The lowest BCUT2D eigenvalue weighted by Gasteiger charge is -2.30. The molecule has 5 heteroatoms. The van der Waals surface area contributed by atoms with Gasteiger partial charge in [-0.15, -0.1) is 0 Å². The zero-order valence-corrected chi connectivity index (χ0v) is 14.3. The Kier molecular flexibility index (Phi) is 5.88. The van der Waals surface area contributed by atoms with Gasteiger partial charge in [0, 0.05) is 23.9 Å². The number of methoxy groups -OCH3 is 1. The maximum absolute atomic E-state index is 12.2. The molecule has 23 heavy (non-hydrogen) atoms. The first-order chi connectivity index (χ1) is 11.0. The Balaban J connectivity index is 1.87. The minimum atomic E-state index is -0.203. The van der Waals surface area contributed by atoms with Gasteiger partial charge in [0.25, 0.3) is 0 Å². The molecule has 128 valence electrons. The lowest BCUT2D eigenvalue weighted by Crippen LogP contribution is -2.49. The zero-order chi connectivity index (χ0) is 16.9. The molecule has 1 saturated carbocycles. The van der Waals surface area contributed by atoms with E-state index in [1.54, 1.807) is 7.11 Å². The molecular weight excluding hydrogens is 292 g/mol. The third kappa shape index (κ3) is 4.16. The fourth-order valence-electron chi connectivity index (χ4n) is 3.31. The van der Waals surface area contributed by atoms with Crippen LogP contribution >= 0.6 is 0 Å². The molecule has 2 rings (SSSR count). The summed E-state index contributed by atoms with van der Waals surface area (Å²) in [5.74, 6) is 0.996. The molecule has 0 aliphatic heterocycles. The molecule has 1 fully saturated rings. The first-order valence-electron chi connectivity index (χ1n) is 8.28. The molecule has 0 radical (unpaired) electrons. The molecular formula is C18H28N2O3. The van der Waals surface area contributed by atoms with E-state index in [-0.39, 0.29) is 30.0 Å². The zero-order valence-electron chi connectivity index (χ0n) is 14.3. The monoisotopic (exact) mass is 320 g/mol. The SMILES string of the molecule is COc1ccccc1C(C)CNC(=O)NC1CCCC1(C)CO. The Morgan fingerprint density at radius 3 is 2.91 bits per heavy atom. The largest absolute Gasteiger partial charge is 0.496 e. The van der Waals surface area contributed by atoms with Crippen LogP contribution in [0.4, 0.5) is 4.79 Å². The van der Waals surface area contributed by atoms with Crippen LogP contribution < -0.4 is 15.4 Å². The minimum absolute atomic E-state index is 0.0362. The Labute approximate surface area is 138 Å². The van der Waals surface area contributed by atoms with Crippen molar-refractivity contribution in [2.45, 2.75) is 45.1 Å². The number of para-hydroxylation sites is 1. The molecule has 0 heterocycles. The van der Waals surface area contributed by atoms with Crippen LogP contribution in [0.3, 0.4) is 0 Å². The quantitative estimate of drug-likeness (QED) is 0.754. The molecule has 1 aromatic rings. The molecule has 2 amide bonds. The summed E-state index contributed by atoms with van der Waals surface area (Å²) in [5, 5.41) is 15.5. The first-order valence-corrected chi connectivity index (χ1v) is 8.28. The van der Waals surface area contributed by atoms with E-state index in [2.05, 4.69) is 17.6 Å². The smallest absolute Gasteiger partial charge is 0.315 e. The molecule has 0 aromatic heterocycles. The van der Waals surface area contributed by atoms with Crippen molar-refractivity contribution in [3.8, 4) is 5.75 Å². The van der Waals surface area contributed by atoms with Gasteiger partial charge in [0.15, 0.2) is 0 Å². The van der Waals surface area contributed by atoms with E-state index in [4.69, 9.17) is 4.74 Å². The first kappa shape index (κ1) is 17.6. The van der Waals surface area contributed by atoms with Gasteiger partial charge in [0.05, 0.1) is 13.7 Å². The van der Waals surface area contributed by atoms with E-state index < -0.39 is 0 Å². The van der Waals surface area contributed by atoms with Crippen LogP contribution in [0.15, 0.2) is 24.3 Å². The highest BCUT2D eigenvalue weighted by atomic mass is 16.5. The van der Waals surface area contributed by atoms with Gasteiger partial charge in [0.1, 0.15) is 5.75 Å². The van der Waals surface area contributed by atoms with Gasteiger partial charge in [-0.25, -0.2) is 4.79 Å². The van der Waals surface area contributed by atoms with Crippen molar-refractivity contribution >= 4 is 6.03 Å². The second kappa shape index (κ2) is 7.68. The summed E-state index contributed by atoms with van der Waals surface area (Å²) in [6.07, 6.45) is 2.91. The van der Waals surface area contributed by atoms with Crippen LogP contribution in [0, 0.1) is 5.41 Å². The summed E-state index contributed by atoms with van der Waals surface area (Å²) >= 11 is 0. The summed E-state index contributed by atoms with van der Waals surface area (Å²) in [6.45, 7) is 4.73. The maximum atomic E-state index is 12.2. The van der Waals surface area contributed by atoms with Crippen molar-refractivity contribution in [2.75, 3.05) is 20.3 Å². The molecule has 0 bridgehead atoms. The molecule has 0 saturated heterocycles. The van der Waals surface area contributed by atoms with Crippen LogP contribution in [0.2, 0.25) is 0 Å². The van der Waals surface area contributed by atoms with E-state index in [1.165, 1.54) is 0 Å². The number of rotatable bonds is 6. The molecule has 3 unspecified atom stereocenters. The fourth-order valence-corrected chi connectivity index (χ4v) is 3.31. The van der Waals surface area contributed by atoms with E-state index in [1.807, 2.05) is 31.2 Å². The van der Waals surface area contributed by atoms with Gasteiger partial charge >= 0.3 is 6.03 Å². The number of benzene rings is 1. The van der Waals surface area contributed by atoms with Gasteiger partial charge in [0.2, 0.25) is 0 Å². The van der Waals surface area contributed by atoms with E-state index in [0.717, 1.165) is 30.6 Å². The van der Waals surface area contributed by atoms with Gasteiger partial charge in [-0.05, 0) is 24.5 Å². The normalized spacial score (nSPS) is 25.0. The Hall–Kier alpha value is -1.75. The number of carbonyl (C=O) groups is 1. The summed E-state index contributed by atoms with van der Waals surface area (Å²) in [6, 6.07) is 7.72. The highest BCUT2D eigenvalue weighted by molar-refractivity contribution is 5.74. The third-order valence-corrected chi connectivity index (χ3v) is 4.99. The summed E-state index contributed by atoms with van der Waals surface area (Å²) in [7, 11) is 1.65. The van der Waals surface area contributed by atoms with Crippen molar-refractivity contribution in [3.05, 3.63) is 29.8 Å². The number of hydrogen-bond acceptors (Lipinski definition) is 3. The number of amides is 2. The van der Waals surface area contributed by atoms with E-state index in [9.17, 15) is 9.90 Å². The van der Waals surface area contributed by atoms with Crippen LogP contribution in [0.25, 0.3) is 0 Å². The molecule has 1 aliphatic carbocycles. The summed E-state index contributed by atoms with van der Waals surface area (Å²) in [5.41, 5.74) is 0.877. The highest BCUT2D eigenvalue weighted by Crippen LogP contribution is 2.37. The van der Waals surface area contributed by atoms with Crippen LogP contribution in [0.5, 0.6) is 5.75 Å². The Morgan fingerprint density at radius 2 is 2.22 bits per heavy atom. The van der Waals surface area contributed by atoms with Crippen molar-refractivity contribution in [2.24, 2.45) is 5.41 Å². The van der Waals surface area contributed by atoms with Gasteiger partial charge < -0.3 is 20.5 Å². The number of hydrogen-bond donors (Lipinski definition) is 3. The fraction of sp³-hybridized carbons (Fsp3) is 0.611. The molecule has 3 atom stereocenters. The topological polar surface area (TPSA) is 70.6 Å². The molecule has 1 aromatic carbocycles. The Bertz CT molecular complexity index is 535. The predicted molar refractivity (Wildman–Crippen MR) is 90.8 cm³/mol. The lowest BCUT2D eigenvalue weighted by molar-refractivity contribution is 0.121. The molecule has 5 nitrogen and oxygen atoms in total. The second-order valence-electron chi connectivity index (χ2n) is 6.75. The van der Waals surface area contributed by atoms with Gasteiger partial charge in [-0.1, -0.05) is 38.5 Å². The highest BCUT2D eigenvalue weighted by Gasteiger charge is 2.39. The number of urea groups is 1. The second-order valence-corrected chi connectivity index (χ2v) is 6.75. The molecule has 1 aliphatic rings. The van der Waals surface area contributed by atoms with Crippen molar-refractivity contribution in [3.63, 3.8) is 0 Å². The van der Waals surface area contributed by atoms with Crippen LogP contribution in [-0.2, 0) is 0 Å². The van der Waals surface area contributed by atoms with E-state index >= 15 is 0 Å². The van der Waals surface area contributed by atoms with Gasteiger partial charge in [-0.2, -0.15) is 0 Å². The number of aliphatic hydroxyl groups is 1. The summed E-state index contributed by atoms with van der Waals surface area (Å²) < 4.78 is 5.37. The van der Waals surface area contributed by atoms with Gasteiger partial charge in [-0.3, -0.25) is 0 Å². The van der Waals surface area contributed by atoms with Crippen molar-refractivity contribution < 1.29 is 14.6 Å². The summed E-state index contributed by atoms with van der Waals surface area (Å²) in [4.78, 5) is 12.2. The molecule has 3 N–H and O–H groups in total. The standard InChI is InChI=1S/C18H28N2O3/c1-13(14-7-4-5-8-15(14)23-3)11-19-17(22)20-16-9-6-10-18(16,2)12-21/h4-5,7-8,13,16,21H,6,9-12H2,1-3H3,(H2,19,20,22). The third-order valence-electron chi connectivity index (χ3n) is 4.99. The van der Waals surface area contributed by atoms with Crippen molar-refractivity contribution in [1.29, 1.82) is 0 Å². The lowest BCUT2D eigenvalue weighted by atomic mass is 9.86. The molecule has 0 spiro atoms. The number of aliphatic hydroxyl groups excluding tert-OH is 1. The maximum Gasteiger partial charge on any atom is 0.315 e. The predicted octanol–water partition coefficient (Wildman–Crippen LogP) is 2.65. The van der Waals surface area contributed by atoms with Crippen molar-refractivity contribution in [1.82, 2.24) is 10.6 Å². The number of ether oxygens (including phenoxy) is 1. The average molecular weight is 320 g/mol. The average Bonchev–Trinajstić information content (AvgIpc) is 2.94. The van der Waals surface area contributed by atoms with Crippen LogP contribution in [0.1, 0.15) is 44.6 Å².